The average molecular weight is 297 g/mol. The second kappa shape index (κ2) is 5.15. The highest BCUT2D eigenvalue weighted by Gasteiger charge is 2.21. The molecule has 1 unspecified atom stereocenters. The largest absolute Gasteiger partial charge is 0.347 e. The first-order chi connectivity index (χ1) is 8.37. The van der Waals surface area contributed by atoms with Crippen molar-refractivity contribution >= 4 is 33.1 Å². The summed E-state index contributed by atoms with van der Waals surface area (Å²) in [6, 6.07) is 4.26. The lowest BCUT2D eigenvalue weighted by Gasteiger charge is -2.14. The highest BCUT2D eigenvalue weighted by Crippen LogP contribution is 2.44. The van der Waals surface area contributed by atoms with Crippen LogP contribution < -0.4 is 4.90 Å². The van der Waals surface area contributed by atoms with E-state index in [4.69, 9.17) is 9.73 Å². The molecule has 2 rings (SSSR count). The first-order valence-corrected chi connectivity index (χ1v) is 12.1. The molecule has 0 saturated carbocycles. The van der Waals surface area contributed by atoms with Crippen molar-refractivity contribution in [3.63, 3.8) is 0 Å². The second-order valence-electron chi connectivity index (χ2n) is 5.83. The molecule has 0 aliphatic heterocycles. The van der Waals surface area contributed by atoms with Gasteiger partial charge in [0.25, 0.3) is 0 Å². The molecular formula is C12H20N3PSSi. The minimum Gasteiger partial charge on any atom is -0.347 e. The number of nitrogens with zero attached hydrogens (tertiary/aromatic N) is 3. The van der Waals surface area contributed by atoms with Gasteiger partial charge in [-0.2, -0.15) is 0 Å². The van der Waals surface area contributed by atoms with E-state index in [1.54, 1.807) is 11.3 Å². The van der Waals surface area contributed by atoms with Gasteiger partial charge in [-0.05, 0) is 17.2 Å². The Morgan fingerprint density at radius 3 is 2.56 bits per heavy atom. The summed E-state index contributed by atoms with van der Waals surface area (Å²) in [4.78, 5) is 8.06. The first-order valence-electron chi connectivity index (χ1n) is 6.03. The molecule has 18 heavy (non-hydrogen) atoms. The molecule has 3 nitrogen and oxygen atoms in total. The molecule has 0 spiro atoms. The number of hydrogen-bond acceptors (Lipinski definition) is 4. The summed E-state index contributed by atoms with van der Waals surface area (Å²) in [5, 5.41) is 2.12. The monoisotopic (exact) mass is 297 g/mol. The zero-order valence-corrected chi connectivity index (χ0v) is 14.3. The van der Waals surface area contributed by atoms with Crippen LogP contribution in [0.5, 0.6) is 0 Å². The summed E-state index contributed by atoms with van der Waals surface area (Å²) in [6.07, 6.45) is 0. The predicted molar refractivity (Wildman–Crippen MR) is 85.7 cm³/mol. The third-order valence-corrected chi connectivity index (χ3v) is 9.70. The van der Waals surface area contributed by atoms with Crippen molar-refractivity contribution in [2.75, 3.05) is 19.0 Å². The number of anilines is 1. The van der Waals surface area contributed by atoms with Gasteiger partial charge in [-0.1, -0.05) is 25.7 Å². The fourth-order valence-electron chi connectivity index (χ4n) is 1.67. The fourth-order valence-corrected chi connectivity index (χ4v) is 8.30. The van der Waals surface area contributed by atoms with E-state index in [9.17, 15) is 0 Å². The van der Waals surface area contributed by atoms with Crippen molar-refractivity contribution < 1.29 is 0 Å². The first kappa shape index (κ1) is 13.8. The summed E-state index contributed by atoms with van der Waals surface area (Å²) in [5.41, 5.74) is 1.23. The maximum Gasteiger partial charge on any atom is 0.229 e. The lowest BCUT2D eigenvalue weighted by molar-refractivity contribution is 1.05. The summed E-state index contributed by atoms with van der Waals surface area (Å²) in [5.74, 6) is 2.12. The van der Waals surface area contributed by atoms with Crippen LogP contribution in [0.2, 0.25) is 19.6 Å². The van der Waals surface area contributed by atoms with E-state index in [-0.39, 0.29) is 0 Å². The fraction of sp³-hybridized carbons (Fsp3) is 0.500. The van der Waals surface area contributed by atoms with E-state index in [1.165, 1.54) is 16.1 Å². The van der Waals surface area contributed by atoms with Gasteiger partial charge in [-0.15, -0.1) is 11.3 Å². The van der Waals surface area contributed by atoms with Gasteiger partial charge >= 0.3 is 0 Å². The lowest BCUT2D eigenvalue weighted by Crippen LogP contribution is -2.20. The quantitative estimate of drug-likeness (QED) is 0.794. The Morgan fingerprint density at radius 2 is 2.06 bits per heavy atom. The zero-order chi connectivity index (χ0) is 13.3. The van der Waals surface area contributed by atoms with Crippen molar-refractivity contribution in [3.05, 3.63) is 17.5 Å². The Morgan fingerprint density at radius 1 is 1.33 bits per heavy atom. The van der Waals surface area contributed by atoms with Crippen molar-refractivity contribution in [3.8, 4) is 10.3 Å². The maximum absolute atomic E-state index is 4.86. The average Bonchev–Trinajstić information content (AvgIpc) is 2.82. The Labute approximate surface area is 115 Å². The molecule has 2 aromatic rings. The van der Waals surface area contributed by atoms with Gasteiger partial charge in [0.2, 0.25) is 5.95 Å². The minimum atomic E-state index is -1.11. The highest BCUT2D eigenvalue weighted by atomic mass is 32.1. The maximum atomic E-state index is 4.86. The molecule has 0 bridgehead atoms. The van der Waals surface area contributed by atoms with Crippen molar-refractivity contribution in [1.29, 1.82) is 0 Å². The third-order valence-electron chi connectivity index (χ3n) is 2.43. The Hall–Kier alpha value is -0.643. The van der Waals surface area contributed by atoms with Gasteiger partial charge in [0.05, 0.1) is 13.0 Å². The molecule has 0 fully saturated rings. The number of thiophene rings is 1. The van der Waals surface area contributed by atoms with Crippen LogP contribution in [0.3, 0.4) is 0 Å². The summed E-state index contributed by atoms with van der Waals surface area (Å²) >= 11 is 1.77. The van der Waals surface area contributed by atoms with Crippen LogP contribution in [0.4, 0.5) is 5.95 Å². The Kier molecular flexibility index (Phi) is 3.95. The SMILES string of the molecule is CN(C)c1nc(-c2cccs2)p(C[Si](C)(C)C)n1. The van der Waals surface area contributed by atoms with Crippen LogP contribution in [-0.2, 0) is 5.79 Å². The Balaban J connectivity index is 2.43. The van der Waals surface area contributed by atoms with Crippen LogP contribution in [0, 0.1) is 0 Å². The molecule has 6 heteroatoms. The van der Waals surface area contributed by atoms with Gasteiger partial charge in [-0.25, -0.2) is 9.73 Å². The molecule has 0 saturated heterocycles. The van der Waals surface area contributed by atoms with E-state index in [2.05, 4.69) is 37.2 Å². The standard InChI is InChI=1S/C12H20N3PSSi/c1-15(2)12-13-11(10-7-6-8-17-10)16(14-12)9-18(3,4)5/h6-8H,9H2,1-5H3. The van der Waals surface area contributed by atoms with Crippen LogP contribution in [0.25, 0.3) is 10.3 Å². The normalized spacial score (nSPS) is 12.8. The summed E-state index contributed by atoms with van der Waals surface area (Å²) in [6.45, 7) is 7.22. The van der Waals surface area contributed by atoms with Crippen LogP contribution in [-0.4, -0.2) is 31.9 Å². The van der Waals surface area contributed by atoms with Gasteiger partial charge in [-0.3, -0.25) is 0 Å². The van der Waals surface area contributed by atoms with E-state index >= 15 is 0 Å². The number of hydrogen-bond donors (Lipinski definition) is 0. The third kappa shape index (κ3) is 3.22. The Bertz CT molecular complexity index is 514. The molecule has 2 heterocycles. The van der Waals surface area contributed by atoms with Gasteiger partial charge in [0.15, 0.2) is 0 Å². The molecular weight excluding hydrogens is 277 g/mol. The molecule has 0 N–H and O–H groups in total. The second-order valence-corrected chi connectivity index (χ2v) is 14.6. The molecule has 2 aromatic heterocycles. The molecule has 0 aliphatic rings. The van der Waals surface area contributed by atoms with Gasteiger partial charge < -0.3 is 4.90 Å². The van der Waals surface area contributed by atoms with E-state index in [0.29, 0.717) is 0 Å². The lowest BCUT2D eigenvalue weighted by atomic mass is 10.5. The van der Waals surface area contributed by atoms with Gasteiger partial charge in [0, 0.05) is 21.8 Å². The number of rotatable bonds is 4. The van der Waals surface area contributed by atoms with Crippen LogP contribution in [0.15, 0.2) is 17.5 Å². The number of aromatic nitrogens is 2. The van der Waals surface area contributed by atoms with Crippen LogP contribution >= 0.6 is 19.0 Å². The summed E-state index contributed by atoms with van der Waals surface area (Å²) in [7, 11) is 2.47. The van der Waals surface area contributed by atoms with Crippen molar-refractivity contribution in [2.45, 2.75) is 25.4 Å². The topological polar surface area (TPSA) is 29.0 Å². The predicted octanol–water partition coefficient (Wildman–Crippen LogP) is 4.14. The van der Waals surface area contributed by atoms with Crippen molar-refractivity contribution in [1.82, 2.24) is 9.73 Å². The smallest absolute Gasteiger partial charge is 0.229 e. The van der Waals surface area contributed by atoms with E-state index in [0.717, 1.165) is 5.95 Å². The van der Waals surface area contributed by atoms with Crippen molar-refractivity contribution in [2.24, 2.45) is 0 Å². The molecule has 0 radical (unpaired) electrons. The summed E-state index contributed by atoms with van der Waals surface area (Å²) < 4.78 is 4.86. The van der Waals surface area contributed by atoms with Crippen LogP contribution in [0.1, 0.15) is 0 Å². The molecule has 1 atom stereocenters. The molecule has 0 aromatic carbocycles. The molecule has 0 aliphatic carbocycles. The van der Waals surface area contributed by atoms with E-state index < -0.39 is 15.8 Å². The zero-order valence-electron chi connectivity index (χ0n) is 11.6. The highest BCUT2D eigenvalue weighted by molar-refractivity contribution is 7.52. The van der Waals surface area contributed by atoms with E-state index in [1.807, 2.05) is 19.0 Å². The molecule has 0 amide bonds. The minimum absolute atomic E-state index is 0.450. The van der Waals surface area contributed by atoms with Gasteiger partial charge in [0.1, 0.15) is 5.43 Å². The molecule has 98 valence electrons.